The zero-order valence-electron chi connectivity index (χ0n) is 10.1. The molecule has 0 saturated carbocycles. The standard InChI is InChI=1S/C14H14N4/c1-10-3-2-4-13-17-9-12(18(10)13)14(15)11-5-7-16-8-6-11/h2-9,14H,15H2,1H3. The molecule has 0 saturated heterocycles. The molecular formula is C14H14N4. The van der Waals surface area contributed by atoms with Crippen molar-refractivity contribution >= 4 is 5.65 Å². The zero-order valence-corrected chi connectivity index (χ0v) is 10.1. The first-order chi connectivity index (χ1) is 8.77. The monoisotopic (exact) mass is 238 g/mol. The van der Waals surface area contributed by atoms with Crippen molar-refractivity contribution < 1.29 is 0 Å². The third-order valence-electron chi connectivity index (χ3n) is 3.14. The van der Waals surface area contributed by atoms with Crippen LogP contribution >= 0.6 is 0 Å². The molecule has 3 heterocycles. The van der Waals surface area contributed by atoms with Gasteiger partial charge in [-0.25, -0.2) is 4.98 Å². The molecule has 0 aromatic carbocycles. The minimum atomic E-state index is -0.191. The molecule has 4 heteroatoms. The Morgan fingerprint density at radius 1 is 1.17 bits per heavy atom. The number of aromatic nitrogens is 3. The molecule has 0 fully saturated rings. The lowest BCUT2D eigenvalue weighted by molar-refractivity contribution is 0.803. The fraction of sp³-hybridized carbons (Fsp3) is 0.143. The summed E-state index contributed by atoms with van der Waals surface area (Å²) in [5.41, 5.74) is 10.4. The number of rotatable bonds is 2. The molecule has 3 rings (SSSR count). The van der Waals surface area contributed by atoms with Crippen LogP contribution in [0.2, 0.25) is 0 Å². The summed E-state index contributed by atoms with van der Waals surface area (Å²) in [5.74, 6) is 0. The van der Waals surface area contributed by atoms with Gasteiger partial charge in [-0.3, -0.25) is 9.38 Å². The quantitative estimate of drug-likeness (QED) is 0.743. The highest BCUT2D eigenvalue weighted by Crippen LogP contribution is 2.21. The molecule has 0 aliphatic rings. The van der Waals surface area contributed by atoms with Gasteiger partial charge < -0.3 is 5.73 Å². The van der Waals surface area contributed by atoms with E-state index in [0.29, 0.717) is 0 Å². The predicted octanol–water partition coefficient (Wildman–Crippen LogP) is 2.09. The molecule has 0 radical (unpaired) electrons. The molecule has 2 N–H and O–H groups in total. The first kappa shape index (κ1) is 10.9. The molecule has 1 unspecified atom stereocenters. The van der Waals surface area contributed by atoms with Gasteiger partial charge in [0.15, 0.2) is 0 Å². The van der Waals surface area contributed by atoms with Crippen LogP contribution in [0.15, 0.2) is 48.9 Å². The van der Waals surface area contributed by atoms with E-state index < -0.39 is 0 Å². The number of pyridine rings is 2. The van der Waals surface area contributed by atoms with E-state index in [0.717, 1.165) is 22.6 Å². The number of nitrogens with two attached hydrogens (primary N) is 1. The maximum absolute atomic E-state index is 6.31. The summed E-state index contributed by atoms with van der Waals surface area (Å²) in [4.78, 5) is 8.40. The Kier molecular flexibility index (Phi) is 2.57. The van der Waals surface area contributed by atoms with Crippen LogP contribution in [0.25, 0.3) is 5.65 Å². The Bertz CT molecular complexity index is 673. The van der Waals surface area contributed by atoms with Crippen LogP contribution in [0.5, 0.6) is 0 Å². The normalized spacial score (nSPS) is 12.8. The molecule has 18 heavy (non-hydrogen) atoms. The third-order valence-corrected chi connectivity index (χ3v) is 3.14. The smallest absolute Gasteiger partial charge is 0.137 e. The topological polar surface area (TPSA) is 56.2 Å². The Hall–Kier alpha value is -2.20. The lowest BCUT2D eigenvalue weighted by atomic mass is 10.1. The number of nitrogens with zero attached hydrogens (tertiary/aromatic N) is 3. The average molecular weight is 238 g/mol. The van der Waals surface area contributed by atoms with Crippen molar-refractivity contribution in [2.75, 3.05) is 0 Å². The number of imidazole rings is 1. The summed E-state index contributed by atoms with van der Waals surface area (Å²) in [7, 11) is 0. The molecule has 3 aromatic heterocycles. The minimum Gasteiger partial charge on any atom is -0.319 e. The van der Waals surface area contributed by atoms with Gasteiger partial charge in [0.2, 0.25) is 0 Å². The molecule has 0 amide bonds. The van der Waals surface area contributed by atoms with Gasteiger partial charge in [0.05, 0.1) is 17.9 Å². The second-order valence-electron chi connectivity index (χ2n) is 4.30. The fourth-order valence-electron chi connectivity index (χ4n) is 2.19. The van der Waals surface area contributed by atoms with Crippen LogP contribution in [0.3, 0.4) is 0 Å². The second kappa shape index (κ2) is 4.23. The largest absolute Gasteiger partial charge is 0.319 e. The van der Waals surface area contributed by atoms with Crippen LogP contribution < -0.4 is 5.73 Å². The van der Waals surface area contributed by atoms with E-state index in [1.54, 1.807) is 12.4 Å². The van der Waals surface area contributed by atoms with Crippen molar-refractivity contribution in [3.63, 3.8) is 0 Å². The van der Waals surface area contributed by atoms with Gasteiger partial charge in [-0.05, 0) is 36.8 Å². The van der Waals surface area contributed by atoms with Gasteiger partial charge >= 0.3 is 0 Å². The molecule has 90 valence electrons. The number of fused-ring (bicyclic) bond motifs is 1. The van der Waals surface area contributed by atoms with Crippen molar-refractivity contribution in [1.82, 2.24) is 14.4 Å². The van der Waals surface area contributed by atoms with Gasteiger partial charge in [-0.2, -0.15) is 0 Å². The molecule has 0 aliphatic carbocycles. The zero-order chi connectivity index (χ0) is 12.5. The van der Waals surface area contributed by atoms with E-state index in [2.05, 4.69) is 27.4 Å². The van der Waals surface area contributed by atoms with Crippen molar-refractivity contribution in [3.8, 4) is 0 Å². The molecule has 3 aromatic rings. The molecule has 0 bridgehead atoms. The lowest BCUT2D eigenvalue weighted by Crippen LogP contribution is -2.14. The Labute approximate surface area is 105 Å². The van der Waals surface area contributed by atoms with Crippen molar-refractivity contribution in [2.24, 2.45) is 5.73 Å². The molecule has 1 atom stereocenters. The molecular weight excluding hydrogens is 224 g/mol. The third kappa shape index (κ3) is 1.67. The highest BCUT2D eigenvalue weighted by Gasteiger charge is 2.14. The summed E-state index contributed by atoms with van der Waals surface area (Å²) >= 11 is 0. The van der Waals surface area contributed by atoms with Crippen LogP contribution in [-0.4, -0.2) is 14.4 Å². The van der Waals surface area contributed by atoms with Gasteiger partial charge in [0.25, 0.3) is 0 Å². The molecule has 4 nitrogen and oxygen atoms in total. The SMILES string of the molecule is Cc1cccc2ncc(C(N)c3ccncc3)n12. The maximum atomic E-state index is 6.31. The Morgan fingerprint density at radius 2 is 1.94 bits per heavy atom. The molecule has 0 spiro atoms. The van der Waals surface area contributed by atoms with Crippen molar-refractivity contribution in [2.45, 2.75) is 13.0 Å². The summed E-state index contributed by atoms with van der Waals surface area (Å²) < 4.78 is 2.09. The van der Waals surface area contributed by atoms with E-state index in [-0.39, 0.29) is 6.04 Å². The maximum Gasteiger partial charge on any atom is 0.137 e. The molecule has 0 aliphatic heterocycles. The predicted molar refractivity (Wildman–Crippen MR) is 70.2 cm³/mol. The van der Waals surface area contributed by atoms with Gasteiger partial charge in [-0.1, -0.05) is 6.07 Å². The summed E-state index contributed by atoms with van der Waals surface area (Å²) in [6.07, 6.45) is 5.35. The van der Waals surface area contributed by atoms with Crippen molar-refractivity contribution in [1.29, 1.82) is 0 Å². The average Bonchev–Trinajstić information content (AvgIpc) is 2.84. The van der Waals surface area contributed by atoms with E-state index in [9.17, 15) is 0 Å². The Morgan fingerprint density at radius 3 is 2.72 bits per heavy atom. The van der Waals surface area contributed by atoms with Crippen LogP contribution in [-0.2, 0) is 0 Å². The number of aryl methyl sites for hydroxylation is 1. The van der Waals surface area contributed by atoms with Crippen molar-refractivity contribution in [3.05, 3.63) is 65.9 Å². The van der Waals surface area contributed by atoms with E-state index in [4.69, 9.17) is 5.73 Å². The van der Waals surface area contributed by atoms with E-state index in [1.807, 2.05) is 30.5 Å². The highest BCUT2D eigenvalue weighted by molar-refractivity contribution is 5.44. The first-order valence-corrected chi connectivity index (χ1v) is 5.86. The summed E-state index contributed by atoms with van der Waals surface area (Å²) in [6.45, 7) is 2.05. The Balaban J connectivity index is 2.15. The number of hydrogen-bond donors (Lipinski definition) is 1. The van der Waals surface area contributed by atoms with E-state index in [1.165, 1.54) is 0 Å². The van der Waals surface area contributed by atoms with Crippen LogP contribution in [0.1, 0.15) is 23.0 Å². The summed E-state index contributed by atoms with van der Waals surface area (Å²) in [6, 6.07) is 9.71. The summed E-state index contributed by atoms with van der Waals surface area (Å²) in [5, 5.41) is 0. The minimum absolute atomic E-state index is 0.191. The number of hydrogen-bond acceptors (Lipinski definition) is 3. The van der Waals surface area contributed by atoms with Gasteiger partial charge in [0, 0.05) is 18.1 Å². The van der Waals surface area contributed by atoms with Gasteiger partial charge in [0.1, 0.15) is 5.65 Å². The van der Waals surface area contributed by atoms with Gasteiger partial charge in [-0.15, -0.1) is 0 Å². The second-order valence-corrected chi connectivity index (χ2v) is 4.30. The van der Waals surface area contributed by atoms with E-state index >= 15 is 0 Å². The highest BCUT2D eigenvalue weighted by atomic mass is 15.0. The van der Waals surface area contributed by atoms with Crippen LogP contribution in [0.4, 0.5) is 0 Å². The fourth-order valence-corrected chi connectivity index (χ4v) is 2.19. The lowest BCUT2D eigenvalue weighted by Gasteiger charge is -2.13. The first-order valence-electron chi connectivity index (χ1n) is 5.86. The van der Waals surface area contributed by atoms with Crippen LogP contribution in [0, 0.1) is 6.92 Å².